The molecule has 0 aromatic carbocycles. The number of oxime groups is 1. The molecule has 9 nitrogen and oxygen atoms in total. The monoisotopic (exact) mass is 359 g/mol. The van der Waals surface area contributed by atoms with Crippen molar-refractivity contribution in [2.45, 2.75) is 26.9 Å². The van der Waals surface area contributed by atoms with Crippen molar-refractivity contribution < 1.29 is 27.5 Å². The molecule has 0 radical (unpaired) electrons. The first kappa shape index (κ1) is 19.7. The van der Waals surface area contributed by atoms with Crippen LogP contribution in [0.1, 0.15) is 20.8 Å². The lowest BCUT2D eigenvalue weighted by atomic mass is 10.3. The van der Waals surface area contributed by atoms with Crippen molar-refractivity contribution in [2.24, 2.45) is 5.16 Å². The summed E-state index contributed by atoms with van der Waals surface area (Å²) in [6, 6.07) is 2.79. The minimum atomic E-state index is -3.96. The van der Waals surface area contributed by atoms with Crippen LogP contribution in [0.3, 0.4) is 0 Å². The summed E-state index contributed by atoms with van der Waals surface area (Å²) < 4.78 is 34.9. The van der Waals surface area contributed by atoms with Gasteiger partial charge in [0, 0.05) is 6.07 Å². The first-order chi connectivity index (χ1) is 11.1. The van der Waals surface area contributed by atoms with E-state index in [9.17, 15) is 13.2 Å². The maximum Gasteiger partial charge on any atom is 0.284 e. The fraction of sp³-hybridized carbons (Fsp3) is 0.500. The summed E-state index contributed by atoms with van der Waals surface area (Å²) in [5.74, 6) is -0.685. The molecule has 0 aliphatic rings. The molecule has 0 aliphatic heterocycles. The van der Waals surface area contributed by atoms with Gasteiger partial charge in [-0.2, -0.15) is 9.29 Å². The van der Waals surface area contributed by atoms with Crippen LogP contribution in [0.2, 0.25) is 0 Å². The molecule has 1 rings (SSSR count). The van der Waals surface area contributed by atoms with Crippen molar-refractivity contribution in [1.29, 1.82) is 0 Å². The van der Waals surface area contributed by atoms with Gasteiger partial charge in [-0.15, -0.1) is 0 Å². The number of hydrogen-bond donors (Lipinski definition) is 0. The van der Waals surface area contributed by atoms with E-state index in [0.717, 1.165) is 6.26 Å². The summed E-state index contributed by atoms with van der Waals surface area (Å²) in [5.41, 5.74) is 0.544. The topological polar surface area (TPSA) is 107 Å². The minimum Gasteiger partial charge on any atom is -0.481 e. The number of carbonyl (C=O) groups is 1. The van der Waals surface area contributed by atoms with Crippen LogP contribution in [0.4, 0.5) is 5.69 Å². The van der Waals surface area contributed by atoms with E-state index >= 15 is 0 Å². The van der Waals surface area contributed by atoms with Gasteiger partial charge in [-0.1, -0.05) is 5.16 Å². The SMILES string of the molecule is COc1ccc(N(C(=O)C(C)ON=C(C)C)S(C)(=O)=O)c(OC)n1. The number of nitrogens with zero attached hydrogens (tertiary/aromatic N) is 3. The standard InChI is InChI=1S/C14H21N3O6S/c1-9(2)16-23-10(3)14(18)17(24(6,19)20)11-7-8-12(21-4)15-13(11)22-5/h7-8,10H,1-6H3. The number of carbonyl (C=O) groups excluding carboxylic acids is 1. The van der Waals surface area contributed by atoms with Crippen LogP contribution in [0.5, 0.6) is 11.8 Å². The summed E-state index contributed by atoms with van der Waals surface area (Å²) in [6.07, 6.45) is -0.225. The van der Waals surface area contributed by atoms with Gasteiger partial charge in [-0.05, 0) is 26.8 Å². The zero-order valence-corrected chi connectivity index (χ0v) is 15.2. The van der Waals surface area contributed by atoms with Gasteiger partial charge in [0.1, 0.15) is 5.69 Å². The molecule has 0 fully saturated rings. The summed E-state index contributed by atoms with van der Waals surface area (Å²) >= 11 is 0. The van der Waals surface area contributed by atoms with Crippen LogP contribution < -0.4 is 13.8 Å². The van der Waals surface area contributed by atoms with Crippen LogP contribution in [-0.4, -0.2) is 51.6 Å². The summed E-state index contributed by atoms with van der Waals surface area (Å²) in [4.78, 5) is 21.6. The van der Waals surface area contributed by atoms with Crippen LogP contribution >= 0.6 is 0 Å². The van der Waals surface area contributed by atoms with E-state index in [1.807, 2.05) is 0 Å². The Labute approximate surface area is 141 Å². The maximum absolute atomic E-state index is 12.6. The smallest absolute Gasteiger partial charge is 0.284 e. The second-order valence-corrected chi connectivity index (χ2v) is 6.86. The number of aromatic nitrogens is 1. The normalized spacial score (nSPS) is 12.1. The van der Waals surface area contributed by atoms with Crippen molar-refractivity contribution >= 4 is 27.3 Å². The highest BCUT2D eigenvalue weighted by Crippen LogP contribution is 2.31. The molecule has 1 atom stereocenters. The van der Waals surface area contributed by atoms with Crippen molar-refractivity contribution in [3.63, 3.8) is 0 Å². The Morgan fingerprint density at radius 3 is 2.33 bits per heavy atom. The molecular weight excluding hydrogens is 338 g/mol. The Balaban J connectivity index is 3.34. The quantitative estimate of drug-likeness (QED) is 0.531. The highest BCUT2D eigenvalue weighted by atomic mass is 32.2. The lowest BCUT2D eigenvalue weighted by Gasteiger charge is -2.24. The first-order valence-corrected chi connectivity index (χ1v) is 8.76. The van der Waals surface area contributed by atoms with Crippen LogP contribution in [0.15, 0.2) is 17.3 Å². The van der Waals surface area contributed by atoms with Gasteiger partial charge in [-0.25, -0.2) is 8.42 Å². The van der Waals surface area contributed by atoms with E-state index < -0.39 is 22.0 Å². The Morgan fingerprint density at radius 1 is 1.25 bits per heavy atom. The van der Waals surface area contributed by atoms with Gasteiger partial charge in [0.25, 0.3) is 5.91 Å². The molecule has 10 heteroatoms. The molecule has 1 unspecified atom stereocenters. The summed E-state index contributed by atoms with van der Waals surface area (Å²) in [5, 5.41) is 3.68. The molecule has 0 N–H and O–H groups in total. The van der Waals surface area contributed by atoms with E-state index in [0.29, 0.717) is 10.0 Å². The lowest BCUT2D eigenvalue weighted by molar-refractivity contribution is -0.127. The third-order valence-corrected chi connectivity index (χ3v) is 3.75. The predicted octanol–water partition coefficient (Wildman–Crippen LogP) is 1.19. The largest absolute Gasteiger partial charge is 0.481 e. The first-order valence-electron chi connectivity index (χ1n) is 6.92. The Hall–Kier alpha value is -2.36. The second-order valence-electron chi connectivity index (χ2n) is 5.03. The molecule has 0 saturated carbocycles. The van der Waals surface area contributed by atoms with Gasteiger partial charge in [0.15, 0.2) is 0 Å². The van der Waals surface area contributed by atoms with E-state index in [2.05, 4.69) is 10.1 Å². The van der Waals surface area contributed by atoms with Gasteiger partial charge in [0.05, 0.1) is 26.2 Å². The Morgan fingerprint density at radius 2 is 1.88 bits per heavy atom. The number of ether oxygens (including phenoxy) is 2. The molecule has 1 aromatic rings. The van der Waals surface area contributed by atoms with Crippen molar-refractivity contribution in [3.05, 3.63) is 12.1 Å². The molecule has 0 spiro atoms. The Kier molecular flexibility index (Phi) is 6.52. The summed E-state index contributed by atoms with van der Waals surface area (Å²) in [7, 11) is -1.25. The molecule has 0 aliphatic carbocycles. The average molecular weight is 359 g/mol. The highest BCUT2D eigenvalue weighted by Gasteiger charge is 2.33. The van der Waals surface area contributed by atoms with Crippen LogP contribution in [-0.2, 0) is 19.7 Å². The molecule has 1 heterocycles. The Bertz CT molecular complexity index is 728. The molecular formula is C14H21N3O6S. The zero-order valence-electron chi connectivity index (χ0n) is 14.4. The van der Waals surface area contributed by atoms with Crippen LogP contribution in [0.25, 0.3) is 0 Å². The third kappa shape index (κ3) is 4.82. The van der Waals surface area contributed by atoms with Crippen molar-refractivity contribution in [1.82, 2.24) is 4.98 Å². The van der Waals surface area contributed by atoms with E-state index in [1.165, 1.54) is 33.3 Å². The molecule has 0 saturated heterocycles. The lowest BCUT2D eigenvalue weighted by Crippen LogP contribution is -2.42. The third-order valence-electron chi connectivity index (χ3n) is 2.71. The minimum absolute atomic E-state index is 0.0431. The molecule has 134 valence electrons. The van der Waals surface area contributed by atoms with Crippen LogP contribution in [0, 0.1) is 0 Å². The van der Waals surface area contributed by atoms with E-state index in [1.54, 1.807) is 13.8 Å². The zero-order chi connectivity index (χ0) is 18.5. The van der Waals surface area contributed by atoms with Crippen molar-refractivity contribution in [3.8, 4) is 11.8 Å². The highest BCUT2D eigenvalue weighted by molar-refractivity contribution is 7.92. The van der Waals surface area contributed by atoms with Gasteiger partial charge in [0.2, 0.25) is 27.9 Å². The van der Waals surface area contributed by atoms with Gasteiger partial charge < -0.3 is 14.3 Å². The fourth-order valence-electron chi connectivity index (χ4n) is 1.69. The number of anilines is 1. The number of hydrogen-bond acceptors (Lipinski definition) is 8. The van der Waals surface area contributed by atoms with Gasteiger partial charge in [-0.3, -0.25) is 4.79 Å². The van der Waals surface area contributed by atoms with Gasteiger partial charge >= 0.3 is 0 Å². The second kappa shape index (κ2) is 7.95. The predicted molar refractivity (Wildman–Crippen MR) is 89.0 cm³/mol. The van der Waals surface area contributed by atoms with E-state index in [-0.39, 0.29) is 17.4 Å². The molecule has 0 bridgehead atoms. The molecule has 1 amide bonds. The number of pyridine rings is 1. The summed E-state index contributed by atoms with van der Waals surface area (Å²) in [6.45, 7) is 4.76. The fourth-order valence-corrected chi connectivity index (χ4v) is 2.66. The number of sulfonamides is 1. The molecule has 24 heavy (non-hydrogen) atoms. The average Bonchev–Trinajstić information content (AvgIpc) is 2.51. The molecule has 1 aromatic heterocycles. The van der Waals surface area contributed by atoms with Crippen molar-refractivity contribution in [2.75, 3.05) is 24.8 Å². The number of rotatable bonds is 7. The number of methoxy groups -OCH3 is 2. The van der Waals surface area contributed by atoms with E-state index in [4.69, 9.17) is 14.3 Å². The maximum atomic E-state index is 12.6. The number of amides is 1.